The highest BCUT2D eigenvalue weighted by Crippen LogP contribution is 2.50. The fourth-order valence-corrected chi connectivity index (χ4v) is 5.45. The molecule has 0 bridgehead atoms. The van der Waals surface area contributed by atoms with Crippen molar-refractivity contribution in [3.05, 3.63) is 119 Å². The Balaban J connectivity index is 1.56. The van der Waals surface area contributed by atoms with Gasteiger partial charge in [-0.2, -0.15) is 0 Å². The Morgan fingerprint density at radius 2 is 1.06 bits per heavy atom. The van der Waals surface area contributed by atoms with Gasteiger partial charge in [0.1, 0.15) is 0 Å². The summed E-state index contributed by atoms with van der Waals surface area (Å²) in [4.78, 5) is 0. The first-order valence-corrected chi connectivity index (χ1v) is 11.4. The maximum Gasteiger partial charge on any atom is 0.0406 e. The summed E-state index contributed by atoms with van der Waals surface area (Å²) in [6.07, 6.45) is 0. The summed E-state index contributed by atoms with van der Waals surface area (Å²) in [6.45, 7) is 4.65. The van der Waals surface area contributed by atoms with Gasteiger partial charge >= 0.3 is 0 Å². The van der Waals surface area contributed by atoms with Gasteiger partial charge in [0.15, 0.2) is 0 Å². The zero-order chi connectivity index (χ0) is 21.9. The van der Waals surface area contributed by atoms with Gasteiger partial charge in [0.2, 0.25) is 0 Å². The summed E-state index contributed by atoms with van der Waals surface area (Å²) in [7, 11) is 0. The van der Waals surface area contributed by atoms with Crippen molar-refractivity contribution in [1.29, 1.82) is 0 Å². The SMILES string of the molecule is CC1(C)c2ccccc2-c2cc(-c3ccc(-c4ccc(Cl)cc4)c4ccccc34)ccc21. The van der Waals surface area contributed by atoms with Crippen LogP contribution in [0.3, 0.4) is 0 Å². The average molecular weight is 431 g/mol. The lowest BCUT2D eigenvalue weighted by Gasteiger charge is -2.21. The summed E-state index contributed by atoms with van der Waals surface area (Å²) in [6, 6.07) is 37.1. The first-order chi connectivity index (χ1) is 15.5. The molecule has 0 amide bonds. The van der Waals surface area contributed by atoms with Crippen molar-refractivity contribution in [3.8, 4) is 33.4 Å². The van der Waals surface area contributed by atoms with E-state index in [0.717, 1.165) is 5.02 Å². The molecule has 0 aliphatic heterocycles. The number of rotatable bonds is 2. The molecular weight excluding hydrogens is 408 g/mol. The van der Waals surface area contributed by atoms with Crippen LogP contribution in [0.4, 0.5) is 0 Å². The van der Waals surface area contributed by atoms with Crippen molar-refractivity contribution < 1.29 is 0 Å². The molecule has 0 aromatic heterocycles. The minimum atomic E-state index is 0.0327. The Morgan fingerprint density at radius 3 is 1.78 bits per heavy atom. The lowest BCUT2D eigenvalue weighted by atomic mass is 9.82. The standard InChI is InChI=1S/C31H23Cl/c1-31(2)29-10-6-5-9-27(29)28-19-21(13-18-30(28)31)24-17-16-23(20-11-14-22(32)15-12-20)25-7-3-4-8-26(24)25/h3-19H,1-2H3. The highest BCUT2D eigenvalue weighted by atomic mass is 35.5. The Labute approximate surface area is 194 Å². The number of benzene rings is 5. The van der Waals surface area contributed by atoms with Gasteiger partial charge in [-0.05, 0) is 73.5 Å². The normalized spacial score (nSPS) is 13.7. The monoisotopic (exact) mass is 430 g/mol. The fraction of sp³-hybridized carbons (Fsp3) is 0.0968. The van der Waals surface area contributed by atoms with Gasteiger partial charge in [-0.1, -0.05) is 110 Å². The summed E-state index contributed by atoms with van der Waals surface area (Å²) in [5, 5.41) is 3.29. The predicted octanol–water partition coefficient (Wildman–Crippen LogP) is 9.13. The van der Waals surface area contributed by atoms with Crippen LogP contribution in [-0.2, 0) is 5.41 Å². The summed E-state index contributed by atoms with van der Waals surface area (Å²) in [5.41, 5.74) is 10.5. The number of halogens is 1. The molecule has 5 aromatic carbocycles. The fourth-order valence-electron chi connectivity index (χ4n) is 5.32. The van der Waals surface area contributed by atoms with Crippen molar-refractivity contribution in [1.82, 2.24) is 0 Å². The van der Waals surface area contributed by atoms with E-state index in [4.69, 9.17) is 11.6 Å². The van der Waals surface area contributed by atoms with Gasteiger partial charge in [-0.25, -0.2) is 0 Å². The van der Waals surface area contributed by atoms with Crippen molar-refractivity contribution in [2.24, 2.45) is 0 Å². The van der Waals surface area contributed by atoms with Gasteiger partial charge < -0.3 is 0 Å². The van der Waals surface area contributed by atoms with Gasteiger partial charge in [0.25, 0.3) is 0 Å². The zero-order valence-electron chi connectivity index (χ0n) is 18.2. The molecule has 0 saturated carbocycles. The van der Waals surface area contributed by atoms with Crippen molar-refractivity contribution in [2.75, 3.05) is 0 Å². The molecule has 154 valence electrons. The van der Waals surface area contributed by atoms with Gasteiger partial charge in [-0.15, -0.1) is 0 Å². The van der Waals surface area contributed by atoms with Gasteiger partial charge in [0.05, 0.1) is 0 Å². The van der Waals surface area contributed by atoms with Crippen LogP contribution in [0.25, 0.3) is 44.2 Å². The molecule has 0 radical (unpaired) electrons. The van der Waals surface area contributed by atoms with E-state index in [1.807, 2.05) is 12.1 Å². The molecule has 0 atom stereocenters. The van der Waals surface area contributed by atoms with Gasteiger partial charge in [0, 0.05) is 10.4 Å². The van der Waals surface area contributed by atoms with Crippen LogP contribution in [-0.4, -0.2) is 0 Å². The van der Waals surface area contributed by atoms with Crippen LogP contribution in [0.5, 0.6) is 0 Å². The lowest BCUT2D eigenvalue weighted by Crippen LogP contribution is -2.14. The Morgan fingerprint density at radius 1 is 0.500 bits per heavy atom. The number of hydrogen-bond acceptors (Lipinski definition) is 0. The molecule has 0 spiro atoms. The number of fused-ring (bicyclic) bond motifs is 4. The van der Waals surface area contributed by atoms with Crippen LogP contribution in [0.15, 0.2) is 103 Å². The molecular formula is C31H23Cl. The first-order valence-electron chi connectivity index (χ1n) is 11.1. The smallest absolute Gasteiger partial charge is 0.0406 e. The summed E-state index contributed by atoms with van der Waals surface area (Å²) >= 11 is 6.12. The van der Waals surface area contributed by atoms with E-state index >= 15 is 0 Å². The maximum atomic E-state index is 6.12. The van der Waals surface area contributed by atoms with Crippen molar-refractivity contribution in [2.45, 2.75) is 19.3 Å². The molecule has 0 heterocycles. The second kappa shape index (κ2) is 7.08. The molecule has 0 nitrogen and oxygen atoms in total. The van der Waals surface area contributed by atoms with Crippen LogP contribution >= 0.6 is 11.6 Å². The van der Waals surface area contributed by atoms with E-state index < -0.39 is 0 Å². The van der Waals surface area contributed by atoms with Crippen LogP contribution < -0.4 is 0 Å². The van der Waals surface area contributed by atoms with E-state index in [-0.39, 0.29) is 5.41 Å². The number of hydrogen-bond donors (Lipinski definition) is 0. The van der Waals surface area contributed by atoms with Crippen molar-refractivity contribution >= 4 is 22.4 Å². The highest BCUT2D eigenvalue weighted by molar-refractivity contribution is 6.30. The largest absolute Gasteiger partial charge is 0.0843 e. The van der Waals surface area contributed by atoms with E-state index in [2.05, 4.69) is 105 Å². The van der Waals surface area contributed by atoms with E-state index in [0.29, 0.717) is 0 Å². The summed E-state index contributed by atoms with van der Waals surface area (Å²) < 4.78 is 0. The predicted molar refractivity (Wildman–Crippen MR) is 137 cm³/mol. The maximum absolute atomic E-state index is 6.12. The molecule has 5 aromatic rings. The molecule has 1 aliphatic carbocycles. The second-order valence-corrected chi connectivity index (χ2v) is 9.58. The van der Waals surface area contributed by atoms with E-state index in [1.54, 1.807) is 0 Å². The van der Waals surface area contributed by atoms with Crippen molar-refractivity contribution in [3.63, 3.8) is 0 Å². The third-order valence-electron chi connectivity index (χ3n) is 6.97. The highest BCUT2D eigenvalue weighted by Gasteiger charge is 2.35. The molecule has 6 rings (SSSR count). The second-order valence-electron chi connectivity index (χ2n) is 9.14. The summed E-state index contributed by atoms with van der Waals surface area (Å²) in [5.74, 6) is 0. The van der Waals surface area contributed by atoms with Crippen LogP contribution in [0, 0.1) is 0 Å². The molecule has 1 aliphatic rings. The molecule has 0 fully saturated rings. The van der Waals surface area contributed by atoms with Crippen LogP contribution in [0.1, 0.15) is 25.0 Å². The van der Waals surface area contributed by atoms with E-state index in [1.165, 1.54) is 55.3 Å². The molecule has 0 N–H and O–H groups in total. The minimum Gasteiger partial charge on any atom is -0.0843 e. The third kappa shape index (κ3) is 2.83. The minimum absolute atomic E-state index is 0.0327. The first kappa shape index (κ1) is 19.3. The van der Waals surface area contributed by atoms with Crippen LogP contribution in [0.2, 0.25) is 5.02 Å². The zero-order valence-corrected chi connectivity index (χ0v) is 18.9. The third-order valence-corrected chi connectivity index (χ3v) is 7.23. The molecule has 1 heteroatoms. The van der Waals surface area contributed by atoms with Gasteiger partial charge in [-0.3, -0.25) is 0 Å². The Bertz CT molecular complexity index is 1490. The Hall–Kier alpha value is -3.35. The lowest BCUT2D eigenvalue weighted by molar-refractivity contribution is 0.660. The molecule has 0 unspecified atom stereocenters. The quantitative estimate of drug-likeness (QED) is 0.262. The topological polar surface area (TPSA) is 0 Å². The molecule has 0 saturated heterocycles. The molecule has 32 heavy (non-hydrogen) atoms. The average Bonchev–Trinajstić information content (AvgIpc) is 3.06. The van der Waals surface area contributed by atoms with E-state index in [9.17, 15) is 0 Å². The Kier molecular flexibility index (Phi) is 4.28.